The van der Waals surface area contributed by atoms with Crippen molar-refractivity contribution in [3.05, 3.63) is 24.3 Å². The van der Waals surface area contributed by atoms with Gasteiger partial charge in [0.2, 0.25) is 17.7 Å². The number of rotatable bonds is 5. The zero-order valence-electron chi connectivity index (χ0n) is 15.9. The van der Waals surface area contributed by atoms with Crippen LogP contribution >= 0.6 is 0 Å². The summed E-state index contributed by atoms with van der Waals surface area (Å²) in [5.41, 5.74) is 1.42. The fourth-order valence-corrected chi connectivity index (χ4v) is 4.09. The number of nitrogens with one attached hydrogen (secondary N) is 3. The van der Waals surface area contributed by atoms with Gasteiger partial charge in [-0.1, -0.05) is 12.8 Å². The van der Waals surface area contributed by atoms with Crippen molar-refractivity contribution in [3.63, 3.8) is 0 Å². The van der Waals surface area contributed by atoms with Crippen LogP contribution in [0, 0.1) is 11.8 Å². The van der Waals surface area contributed by atoms with Crippen LogP contribution < -0.4 is 16.0 Å². The number of hydrogen-bond donors (Lipinski definition) is 3. The van der Waals surface area contributed by atoms with Crippen molar-refractivity contribution in [1.29, 1.82) is 0 Å². The molecule has 2 fully saturated rings. The molecule has 3 N–H and O–H groups in total. The molecule has 6 nitrogen and oxygen atoms in total. The van der Waals surface area contributed by atoms with Crippen molar-refractivity contribution < 1.29 is 14.4 Å². The molecule has 0 unspecified atom stereocenters. The molecular weight excluding hydrogens is 342 g/mol. The highest BCUT2D eigenvalue weighted by Crippen LogP contribution is 2.30. The van der Waals surface area contributed by atoms with Crippen LogP contribution in [0.1, 0.15) is 58.3 Å². The lowest BCUT2D eigenvalue weighted by atomic mass is 9.81. The molecule has 1 aromatic carbocycles. The SMILES string of the molecule is CC(=O)Nc1ccc(NC(=O)C2CCC(C(=O)NC3CCCC3)CC2)cc1. The minimum absolute atomic E-state index is 0.0110. The first-order valence-electron chi connectivity index (χ1n) is 10.00. The van der Waals surface area contributed by atoms with E-state index in [-0.39, 0.29) is 29.6 Å². The normalized spacial score (nSPS) is 22.9. The maximum Gasteiger partial charge on any atom is 0.227 e. The van der Waals surface area contributed by atoms with E-state index in [9.17, 15) is 14.4 Å². The molecule has 0 bridgehead atoms. The number of benzene rings is 1. The standard InChI is InChI=1S/C21H29N3O3/c1-14(25)22-18-10-12-19(13-11-18)24-21(27)16-8-6-15(7-9-16)20(26)23-17-4-2-3-5-17/h10-13,15-17H,2-9H2,1H3,(H,22,25)(H,23,26)(H,24,27). The molecule has 1 aromatic rings. The fourth-order valence-electron chi connectivity index (χ4n) is 4.09. The van der Waals surface area contributed by atoms with E-state index in [2.05, 4.69) is 16.0 Å². The second-order valence-corrected chi connectivity index (χ2v) is 7.79. The Morgan fingerprint density at radius 1 is 0.741 bits per heavy atom. The van der Waals surface area contributed by atoms with Gasteiger partial charge in [0.05, 0.1) is 0 Å². The van der Waals surface area contributed by atoms with E-state index in [1.54, 1.807) is 24.3 Å². The Labute approximate surface area is 160 Å². The van der Waals surface area contributed by atoms with E-state index in [1.807, 2.05) is 0 Å². The van der Waals surface area contributed by atoms with Crippen LogP contribution in [0.2, 0.25) is 0 Å². The Kier molecular flexibility index (Phi) is 6.48. The first kappa shape index (κ1) is 19.4. The molecule has 6 heteroatoms. The summed E-state index contributed by atoms with van der Waals surface area (Å²) in [7, 11) is 0. The summed E-state index contributed by atoms with van der Waals surface area (Å²) < 4.78 is 0. The van der Waals surface area contributed by atoms with Crippen LogP contribution in [0.25, 0.3) is 0 Å². The molecule has 0 saturated heterocycles. The van der Waals surface area contributed by atoms with Crippen molar-refractivity contribution >= 4 is 29.1 Å². The smallest absolute Gasteiger partial charge is 0.227 e. The molecule has 0 atom stereocenters. The molecule has 27 heavy (non-hydrogen) atoms. The van der Waals surface area contributed by atoms with E-state index in [4.69, 9.17) is 0 Å². The van der Waals surface area contributed by atoms with Gasteiger partial charge in [0.25, 0.3) is 0 Å². The molecule has 3 rings (SSSR count). The Morgan fingerprint density at radius 3 is 1.74 bits per heavy atom. The average Bonchev–Trinajstić information content (AvgIpc) is 3.16. The van der Waals surface area contributed by atoms with Crippen molar-refractivity contribution in [2.75, 3.05) is 10.6 Å². The van der Waals surface area contributed by atoms with Crippen molar-refractivity contribution in [1.82, 2.24) is 5.32 Å². The number of hydrogen-bond acceptors (Lipinski definition) is 3. The highest BCUT2D eigenvalue weighted by atomic mass is 16.2. The summed E-state index contributed by atoms with van der Waals surface area (Å²) in [6.45, 7) is 1.46. The van der Waals surface area contributed by atoms with E-state index in [0.717, 1.165) is 44.2 Å². The van der Waals surface area contributed by atoms with Gasteiger partial charge in [0.1, 0.15) is 0 Å². The largest absolute Gasteiger partial charge is 0.353 e. The lowest BCUT2D eigenvalue weighted by Crippen LogP contribution is -2.39. The molecule has 0 heterocycles. The lowest BCUT2D eigenvalue weighted by molar-refractivity contribution is -0.129. The van der Waals surface area contributed by atoms with Gasteiger partial charge in [0, 0.05) is 36.2 Å². The molecule has 3 amide bonds. The number of anilines is 2. The van der Waals surface area contributed by atoms with Gasteiger partial charge < -0.3 is 16.0 Å². The Bertz CT molecular complexity index is 672. The topological polar surface area (TPSA) is 87.3 Å². The lowest BCUT2D eigenvalue weighted by Gasteiger charge is -2.28. The Hall–Kier alpha value is -2.37. The highest BCUT2D eigenvalue weighted by molar-refractivity contribution is 5.93. The van der Waals surface area contributed by atoms with Crippen LogP contribution in [0.5, 0.6) is 0 Å². The van der Waals surface area contributed by atoms with Crippen molar-refractivity contribution in [2.24, 2.45) is 11.8 Å². The summed E-state index contributed by atoms with van der Waals surface area (Å²) in [6.07, 6.45) is 7.68. The first-order valence-corrected chi connectivity index (χ1v) is 10.00. The van der Waals surface area contributed by atoms with Crippen LogP contribution in [0.3, 0.4) is 0 Å². The monoisotopic (exact) mass is 371 g/mol. The molecule has 0 aromatic heterocycles. The fraction of sp³-hybridized carbons (Fsp3) is 0.571. The number of carbonyl (C=O) groups is 3. The van der Waals surface area contributed by atoms with Crippen molar-refractivity contribution in [3.8, 4) is 0 Å². The van der Waals surface area contributed by atoms with Crippen LogP contribution in [-0.4, -0.2) is 23.8 Å². The van der Waals surface area contributed by atoms with E-state index >= 15 is 0 Å². The van der Waals surface area contributed by atoms with Gasteiger partial charge in [-0.15, -0.1) is 0 Å². The minimum Gasteiger partial charge on any atom is -0.353 e. The van der Waals surface area contributed by atoms with Gasteiger partial charge in [0.15, 0.2) is 0 Å². The first-order chi connectivity index (χ1) is 13.0. The zero-order chi connectivity index (χ0) is 19.2. The summed E-state index contributed by atoms with van der Waals surface area (Å²) in [6, 6.07) is 7.45. The molecule has 2 aliphatic rings. The number of carbonyl (C=O) groups excluding carboxylic acids is 3. The third kappa shape index (κ3) is 5.55. The summed E-state index contributed by atoms with van der Waals surface area (Å²) in [5, 5.41) is 8.82. The minimum atomic E-state index is -0.125. The zero-order valence-corrected chi connectivity index (χ0v) is 15.9. The van der Waals surface area contributed by atoms with Crippen LogP contribution in [-0.2, 0) is 14.4 Å². The predicted octanol–water partition coefficient (Wildman–Crippen LogP) is 3.45. The van der Waals surface area contributed by atoms with Gasteiger partial charge >= 0.3 is 0 Å². The third-order valence-corrected chi connectivity index (χ3v) is 5.64. The van der Waals surface area contributed by atoms with Gasteiger partial charge in [-0.3, -0.25) is 14.4 Å². The summed E-state index contributed by atoms with van der Waals surface area (Å²) >= 11 is 0. The van der Waals surface area contributed by atoms with E-state index < -0.39 is 0 Å². The van der Waals surface area contributed by atoms with Crippen LogP contribution in [0.4, 0.5) is 11.4 Å². The highest BCUT2D eigenvalue weighted by Gasteiger charge is 2.31. The van der Waals surface area contributed by atoms with Gasteiger partial charge in [-0.2, -0.15) is 0 Å². The van der Waals surface area contributed by atoms with Crippen LogP contribution in [0.15, 0.2) is 24.3 Å². The molecule has 146 valence electrons. The molecule has 2 aliphatic carbocycles. The quantitative estimate of drug-likeness (QED) is 0.741. The Morgan fingerprint density at radius 2 is 1.22 bits per heavy atom. The second-order valence-electron chi connectivity index (χ2n) is 7.79. The van der Waals surface area contributed by atoms with E-state index in [0.29, 0.717) is 11.7 Å². The van der Waals surface area contributed by atoms with Crippen molar-refractivity contribution in [2.45, 2.75) is 64.3 Å². The molecule has 0 aliphatic heterocycles. The van der Waals surface area contributed by atoms with E-state index in [1.165, 1.54) is 19.8 Å². The maximum atomic E-state index is 12.5. The maximum absolute atomic E-state index is 12.5. The molecule has 2 saturated carbocycles. The average molecular weight is 371 g/mol. The molecule has 0 spiro atoms. The van der Waals surface area contributed by atoms with Gasteiger partial charge in [-0.25, -0.2) is 0 Å². The summed E-state index contributed by atoms with van der Waals surface area (Å²) in [4.78, 5) is 35.9. The summed E-state index contributed by atoms with van der Waals surface area (Å²) in [5.74, 6) is 0.0638. The number of amides is 3. The molecular formula is C21H29N3O3. The van der Waals surface area contributed by atoms with Gasteiger partial charge in [-0.05, 0) is 62.8 Å². The predicted molar refractivity (Wildman–Crippen MR) is 105 cm³/mol. The Balaban J connectivity index is 1.44. The third-order valence-electron chi connectivity index (χ3n) is 5.64. The second kappa shape index (κ2) is 9.02. The molecule has 0 radical (unpaired) electrons.